The number of benzene rings is 3. The highest BCUT2D eigenvalue weighted by atomic mass is 79.9. The molecular formula is C34H46BrO2P. The lowest BCUT2D eigenvalue weighted by Crippen LogP contribution is -3.00. The van der Waals surface area contributed by atoms with Crippen LogP contribution in [0.2, 0.25) is 0 Å². The van der Waals surface area contributed by atoms with Gasteiger partial charge in [0.1, 0.15) is 23.2 Å². The highest BCUT2D eigenvalue weighted by molar-refractivity contribution is 7.96. The average Bonchev–Trinajstić information content (AvgIpc) is 2.97. The van der Waals surface area contributed by atoms with E-state index in [2.05, 4.69) is 97.9 Å². The van der Waals surface area contributed by atoms with Crippen LogP contribution in [0, 0.1) is 0 Å². The van der Waals surface area contributed by atoms with E-state index >= 15 is 0 Å². The molecule has 3 aromatic rings. The Morgan fingerprint density at radius 1 is 0.684 bits per heavy atom. The van der Waals surface area contributed by atoms with E-state index < -0.39 is 7.26 Å². The number of hydrogen-bond donors (Lipinski definition) is 0. The maximum Gasteiger partial charge on any atom is 0.184 e. The van der Waals surface area contributed by atoms with Crippen molar-refractivity contribution in [3.05, 3.63) is 91.0 Å². The predicted molar refractivity (Wildman–Crippen MR) is 161 cm³/mol. The molecule has 0 radical (unpaired) electrons. The van der Waals surface area contributed by atoms with Crippen molar-refractivity contribution >= 4 is 23.2 Å². The van der Waals surface area contributed by atoms with Crippen molar-refractivity contribution in [3.8, 4) is 0 Å². The molecule has 1 aliphatic rings. The van der Waals surface area contributed by atoms with Crippen molar-refractivity contribution in [1.29, 1.82) is 0 Å². The molecule has 2 atom stereocenters. The smallest absolute Gasteiger partial charge is 0.184 e. The van der Waals surface area contributed by atoms with Crippen molar-refractivity contribution in [2.24, 2.45) is 0 Å². The fourth-order valence-corrected chi connectivity index (χ4v) is 10.4. The Bertz CT molecular complexity index is 896. The molecule has 3 aromatic carbocycles. The third-order valence-electron chi connectivity index (χ3n) is 7.67. The Morgan fingerprint density at radius 3 is 1.61 bits per heavy atom. The molecule has 0 bridgehead atoms. The lowest BCUT2D eigenvalue weighted by molar-refractivity contribution is -0.172. The molecule has 0 aromatic heterocycles. The molecule has 1 saturated heterocycles. The Labute approximate surface area is 242 Å². The molecule has 0 aliphatic carbocycles. The molecule has 0 amide bonds. The van der Waals surface area contributed by atoms with Crippen LogP contribution in [-0.2, 0) is 9.47 Å². The maximum absolute atomic E-state index is 7.11. The Morgan fingerprint density at radius 2 is 1.16 bits per heavy atom. The van der Waals surface area contributed by atoms with Gasteiger partial charge in [-0.25, -0.2) is 0 Å². The van der Waals surface area contributed by atoms with Gasteiger partial charge in [0, 0.05) is 13.0 Å². The number of hydrogen-bond acceptors (Lipinski definition) is 2. The van der Waals surface area contributed by atoms with E-state index in [1.807, 2.05) is 0 Å². The first-order valence-corrected chi connectivity index (χ1v) is 16.5. The molecule has 0 N–H and O–H groups in total. The third kappa shape index (κ3) is 8.25. The van der Waals surface area contributed by atoms with E-state index in [9.17, 15) is 0 Å². The highest BCUT2D eigenvalue weighted by Gasteiger charge is 2.53. The normalized spacial score (nSPS) is 16.5. The van der Waals surface area contributed by atoms with Gasteiger partial charge in [0.15, 0.2) is 12.1 Å². The van der Waals surface area contributed by atoms with Crippen LogP contribution in [0.1, 0.15) is 84.0 Å². The minimum atomic E-state index is -2.10. The summed E-state index contributed by atoms with van der Waals surface area (Å²) in [7, 11) is -2.10. The van der Waals surface area contributed by atoms with Gasteiger partial charge in [-0.05, 0) is 62.1 Å². The molecule has 1 aliphatic heterocycles. The summed E-state index contributed by atoms with van der Waals surface area (Å²) in [4.78, 5) is 0. The number of ether oxygens (including phenoxy) is 2. The predicted octanol–water partition coefficient (Wildman–Crippen LogP) is 5.38. The largest absolute Gasteiger partial charge is 1.00 e. The first-order valence-electron chi connectivity index (χ1n) is 14.7. The van der Waals surface area contributed by atoms with Crippen LogP contribution in [0.25, 0.3) is 0 Å². The molecule has 0 saturated carbocycles. The summed E-state index contributed by atoms with van der Waals surface area (Å²) in [6.45, 7) is 3.10. The van der Waals surface area contributed by atoms with Crippen LogP contribution in [0.4, 0.5) is 0 Å². The summed E-state index contributed by atoms with van der Waals surface area (Å²) in [6, 6.07) is 33.6. The van der Waals surface area contributed by atoms with Crippen LogP contribution in [0.5, 0.6) is 0 Å². The summed E-state index contributed by atoms with van der Waals surface area (Å²) in [5.74, 6) is 0.0860. The second-order valence-corrected chi connectivity index (χ2v) is 14.0. The summed E-state index contributed by atoms with van der Waals surface area (Å²) in [5, 5.41) is 4.19. The van der Waals surface area contributed by atoms with Gasteiger partial charge in [-0.15, -0.1) is 0 Å². The lowest BCUT2D eigenvalue weighted by atomic mass is 10.1. The number of halogens is 1. The van der Waals surface area contributed by atoms with E-state index in [4.69, 9.17) is 9.47 Å². The third-order valence-corrected chi connectivity index (χ3v) is 12.3. The van der Waals surface area contributed by atoms with E-state index in [0.717, 1.165) is 25.9 Å². The summed E-state index contributed by atoms with van der Waals surface area (Å²) >= 11 is 0. The number of unbranched alkanes of at least 4 members (excludes halogenated alkanes) is 7. The van der Waals surface area contributed by atoms with E-state index in [-0.39, 0.29) is 29.1 Å². The molecule has 1 heterocycles. The van der Waals surface area contributed by atoms with Crippen LogP contribution in [0.3, 0.4) is 0 Å². The summed E-state index contributed by atoms with van der Waals surface area (Å²) in [6.07, 6.45) is 14.8. The van der Waals surface area contributed by atoms with Gasteiger partial charge in [-0.1, -0.05) is 106 Å². The molecule has 4 rings (SSSR count). The molecule has 4 heteroatoms. The molecule has 2 nitrogen and oxygen atoms in total. The van der Waals surface area contributed by atoms with Crippen molar-refractivity contribution in [2.45, 2.75) is 96.1 Å². The van der Waals surface area contributed by atoms with E-state index in [1.165, 1.54) is 73.7 Å². The summed E-state index contributed by atoms with van der Waals surface area (Å²) in [5.41, 5.74) is 0. The van der Waals surface area contributed by atoms with E-state index in [0.29, 0.717) is 0 Å². The number of rotatable bonds is 15. The minimum absolute atomic E-state index is 0. The molecular weight excluding hydrogens is 551 g/mol. The SMILES string of the molecule is CCCCCCCCCCC(OC1CCCCO1)[P+](c1ccccc1)(c1ccccc1)c1ccccc1.[Br-]. The van der Waals surface area contributed by atoms with Crippen LogP contribution >= 0.6 is 7.26 Å². The van der Waals surface area contributed by atoms with Crippen LogP contribution in [0.15, 0.2) is 91.0 Å². The zero-order valence-electron chi connectivity index (χ0n) is 23.1. The lowest BCUT2D eigenvalue weighted by Gasteiger charge is -2.37. The fourth-order valence-electron chi connectivity index (χ4n) is 5.73. The monoisotopic (exact) mass is 596 g/mol. The fraction of sp³-hybridized carbons (Fsp3) is 0.471. The Hall–Kier alpha value is -1.51. The van der Waals surface area contributed by atoms with Gasteiger partial charge >= 0.3 is 0 Å². The van der Waals surface area contributed by atoms with Crippen LogP contribution < -0.4 is 32.9 Å². The Balaban J connectivity index is 0.00000400. The van der Waals surface area contributed by atoms with Gasteiger partial charge in [-0.2, -0.15) is 0 Å². The zero-order chi connectivity index (χ0) is 25.6. The minimum Gasteiger partial charge on any atom is -1.00 e. The molecule has 206 valence electrons. The maximum atomic E-state index is 7.11. The van der Waals surface area contributed by atoms with Gasteiger partial charge in [-0.3, -0.25) is 0 Å². The highest BCUT2D eigenvalue weighted by Crippen LogP contribution is 2.61. The standard InChI is InChI=1S/C34H46O2P.BrH/c1-2-3-4-5-6-7-8-18-28-34(36-33-27-19-20-29-35-33)37(30-21-12-9-13-22-30,31-23-14-10-15-24-31)32-25-16-11-17-26-32;/h9-17,21-26,33-34H,2-8,18-20,27-29H2,1H3;1H/q+1;/p-1. The van der Waals surface area contributed by atoms with Crippen molar-refractivity contribution in [1.82, 2.24) is 0 Å². The molecule has 2 unspecified atom stereocenters. The topological polar surface area (TPSA) is 18.5 Å². The van der Waals surface area contributed by atoms with Crippen molar-refractivity contribution in [2.75, 3.05) is 6.61 Å². The van der Waals surface area contributed by atoms with Gasteiger partial charge in [0.25, 0.3) is 0 Å². The van der Waals surface area contributed by atoms with Crippen molar-refractivity contribution < 1.29 is 26.5 Å². The van der Waals surface area contributed by atoms with E-state index in [1.54, 1.807) is 0 Å². The molecule has 0 spiro atoms. The quantitative estimate of drug-likeness (QED) is 0.173. The summed E-state index contributed by atoms with van der Waals surface area (Å²) < 4.78 is 13.3. The van der Waals surface area contributed by atoms with Crippen LogP contribution in [-0.4, -0.2) is 18.7 Å². The van der Waals surface area contributed by atoms with Crippen molar-refractivity contribution in [3.63, 3.8) is 0 Å². The molecule has 1 fully saturated rings. The zero-order valence-corrected chi connectivity index (χ0v) is 25.6. The first-order chi connectivity index (χ1) is 18.4. The van der Waals surface area contributed by atoms with Gasteiger partial charge in [0.2, 0.25) is 0 Å². The average molecular weight is 598 g/mol. The van der Waals surface area contributed by atoms with Gasteiger partial charge in [0.05, 0.1) is 0 Å². The first kappa shape index (κ1) is 31.0. The Kier molecular flexibility index (Phi) is 14.1. The molecule has 38 heavy (non-hydrogen) atoms. The van der Waals surface area contributed by atoms with Gasteiger partial charge < -0.3 is 26.5 Å². The second kappa shape index (κ2) is 17.2. The second-order valence-electron chi connectivity index (χ2n) is 10.4.